The van der Waals surface area contributed by atoms with Crippen LogP contribution < -0.4 is 9.47 Å². The van der Waals surface area contributed by atoms with Gasteiger partial charge in [0.15, 0.2) is 6.61 Å². The molecule has 0 aliphatic carbocycles. The summed E-state index contributed by atoms with van der Waals surface area (Å²) < 4.78 is 47.7. The minimum atomic E-state index is -3.93. The van der Waals surface area contributed by atoms with E-state index in [1.807, 2.05) is 25.1 Å². The highest BCUT2D eigenvalue weighted by Gasteiger charge is 2.41. The molecule has 0 amide bonds. The van der Waals surface area contributed by atoms with Crippen molar-refractivity contribution >= 4 is 27.6 Å². The van der Waals surface area contributed by atoms with Gasteiger partial charge in [-0.3, -0.25) is 0 Å². The number of carbonyl (C=O) groups is 1. The Hall–Kier alpha value is -4.15. The third kappa shape index (κ3) is 9.83. The highest BCUT2D eigenvalue weighted by molar-refractivity contribution is 7.89. The predicted molar refractivity (Wildman–Crippen MR) is 206 cm³/mol. The van der Waals surface area contributed by atoms with Gasteiger partial charge in [0, 0.05) is 36.0 Å². The van der Waals surface area contributed by atoms with Gasteiger partial charge in [-0.1, -0.05) is 98.1 Å². The summed E-state index contributed by atoms with van der Waals surface area (Å²) in [5.41, 5.74) is 4.84. The lowest BCUT2D eigenvalue weighted by Gasteiger charge is -2.43. The number of ether oxygens (including phenoxy) is 3. The topological polar surface area (TPSA) is 102 Å². The Labute approximate surface area is 313 Å². The Morgan fingerprint density at radius 3 is 2.31 bits per heavy atom. The van der Waals surface area contributed by atoms with E-state index in [4.69, 9.17) is 25.8 Å². The van der Waals surface area contributed by atoms with Crippen molar-refractivity contribution in [3.8, 4) is 22.6 Å². The zero-order valence-corrected chi connectivity index (χ0v) is 31.6. The molecule has 4 atom stereocenters. The Kier molecular flexibility index (Phi) is 13.6. The number of rotatable bonds is 17. The number of nitrogens with zero attached hydrogens (tertiary/aromatic N) is 1. The van der Waals surface area contributed by atoms with Gasteiger partial charge in [0.05, 0.1) is 23.7 Å². The highest BCUT2D eigenvalue weighted by Crippen LogP contribution is 2.49. The number of sulfonamides is 1. The van der Waals surface area contributed by atoms with E-state index in [1.54, 1.807) is 30.3 Å². The maximum atomic E-state index is 13.9. The number of benzene rings is 4. The average Bonchev–Trinajstić information content (AvgIpc) is 3.15. The highest BCUT2D eigenvalue weighted by atomic mass is 35.5. The molecule has 1 aliphatic heterocycles. The monoisotopic (exact) mass is 745 g/mol. The van der Waals surface area contributed by atoms with Crippen molar-refractivity contribution in [1.82, 2.24) is 4.31 Å². The molecule has 4 aromatic rings. The lowest BCUT2D eigenvalue weighted by Crippen LogP contribution is -2.36. The molecular formula is C42H48ClNO7S. The summed E-state index contributed by atoms with van der Waals surface area (Å²) in [6, 6.07) is 30.5. The molecule has 276 valence electrons. The van der Waals surface area contributed by atoms with Crippen LogP contribution in [0.1, 0.15) is 69.1 Å². The Balaban J connectivity index is 1.42. The third-order valence-corrected chi connectivity index (χ3v) is 11.7. The molecule has 0 bridgehead atoms. The summed E-state index contributed by atoms with van der Waals surface area (Å²) in [6.07, 6.45) is 3.17. The second kappa shape index (κ2) is 18.1. The molecule has 0 aromatic heterocycles. The summed E-state index contributed by atoms with van der Waals surface area (Å²) in [4.78, 5) is 11.6. The molecule has 0 unspecified atom stereocenters. The van der Waals surface area contributed by atoms with E-state index in [9.17, 15) is 18.3 Å². The van der Waals surface area contributed by atoms with Crippen molar-refractivity contribution in [2.45, 2.75) is 69.0 Å². The van der Waals surface area contributed by atoms with Crippen LogP contribution in [-0.2, 0) is 19.6 Å². The first-order chi connectivity index (χ1) is 25.0. The maximum Gasteiger partial charge on any atom is 0.341 e. The zero-order valence-electron chi connectivity index (χ0n) is 30.0. The average molecular weight is 746 g/mol. The van der Waals surface area contributed by atoms with Gasteiger partial charge in [-0.2, -0.15) is 0 Å². The SMILES string of the molecule is C=C(C)[C@@H]1C[C@@H](c2ccc(-c3ccccc3)cc2)[C@@H](CCCC)O[C@H]1c1cc(S(=O)(=O)N(C)CCCOc2ccc(Cl)cc2)ccc1OCC(=O)O. The molecule has 0 spiro atoms. The first-order valence-electron chi connectivity index (χ1n) is 17.8. The van der Waals surface area contributed by atoms with Crippen LogP contribution in [0.3, 0.4) is 0 Å². The van der Waals surface area contributed by atoms with Gasteiger partial charge in [-0.25, -0.2) is 17.5 Å². The van der Waals surface area contributed by atoms with Crippen LogP contribution >= 0.6 is 11.6 Å². The van der Waals surface area contributed by atoms with Gasteiger partial charge in [0.1, 0.15) is 11.5 Å². The lowest BCUT2D eigenvalue weighted by atomic mass is 9.74. The number of halogens is 1. The van der Waals surface area contributed by atoms with Crippen molar-refractivity contribution in [2.75, 3.05) is 26.8 Å². The minimum absolute atomic E-state index is 0.0686. The van der Waals surface area contributed by atoms with Crippen LogP contribution in [0, 0.1) is 5.92 Å². The van der Waals surface area contributed by atoms with Gasteiger partial charge >= 0.3 is 5.97 Å². The summed E-state index contributed by atoms with van der Waals surface area (Å²) >= 11 is 5.95. The number of hydrogen-bond donors (Lipinski definition) is 1. The first-order valence-corrected chi connectivity index (χ1v) is 19.6. The summed E-state index contributed by atoms with van der Waals surface area (Å²) in [5.74, 6) is -0.323. The van der Waals surface area contributed by atoms with E-state index >= 15 is 0 Å². The smallest absolute Gasteiger partial charge is 0.341 e. The van der Waals surface area contributed by atoms with E-state index in [-0.39, 0.29) is 35.1 Å². The van der Waals surface area contributed by atoms with Crippen LogP contribution in [0.25, 0.3) is 11.1 Å². The fourth-order valence-electron chi connectivity index (χ4n) is 6.74. The Morgan fingerprint density at radius 2 is 1.65 bits per heavy atom. The molecule has 1 heterocycles. The third-order valence-electron chi connectivity index (χ3n) is 9.61. The molecule has 1 fully saturated rings. The van der Waals surface area contributed by atoms with E-state index in [2.05, 4.69) is 49.9 Å². The van der Waals surface area contributed by atoms with Gasteiger partial charge in [0.2, 0.25) is 10.0 Å². The van der Waals surface area contributed by atoms with Crippen molar-refractivity contribution in [2.24, 2.45) is 5.92 Å². The van der Waals surface area contributed by atoms with E-state index in [0.717, 1.165) is 42.4 Å². The summed E-state index contributed by atoms with van der Waals surface area (Å²) in [5, 5.41) is 10.1. The molecule has 0 radical (unpaired) electrons. The molecular weight excluding hydrogens is 698 g/mol. The maximum absolute atomic E-state index is 13.9. The fourth-order valence-corrected chi connectivity index (χ4v) is 8.11. The Bertz CT molecular complexity index is 1900. The molecule has 1 saturated heterocycles. The number of aliphatic carboxylic acids is 1. The van der Waals surface area contributed by atoms with Crippen LogP contribution in [0.2, 0.25) is 5.02 Å². The molecule has 1 aliphatic rings. The quantitative estimate of drug-likeness (QED) is 0.0849. The van der Waals surface area contributed by atoms with Crippen molar-refractivity contribution in [1.29, 1.82) is 0 Å². The van der Waals surface area contributed by atoms with Crippen molar-refractivity contribution in [3.63, 3.8) is 0 Å². The van der Waals surface area contributed by atoms with E-state index in [0.29, 0.717) is 29.4 Å². The second-order valence-corrected chi connectivity index (χ2v) is 15.9. The van der Waals surface area contributed by atoms with E-state index in [1.165, 1.54) is 29.0 Å². The first kappa shape index (κ1) is 39.1. The largest absolute Gasteiger partial charge is 0.494 e. The molecule has 0 saturated carbocycles. The number of hydrogen-bond acceptors (Lipinski definition) is 6. The van der Waals surface area contributed by atoms with Gasteiger partial charge in [-0.15, -0.1) is 0 Å². The predicted octanol–water partition coefficient (Wildman–Crippen LogP) is 9.56. The van der Waals surface area contributed by atoms with Crippen LogP contribution in [0.15, 0.2) is 114 Å². The number of unbranched alkanes of at least 4 members (excludes halogenated alkanes) is 1. The lowest BCUT2D eigenvalue weighted by molar-refractivity contribution is -0.139. The minimum Gasteiger partial charge on any atom is -0.494 e. The number of carboxylic acid groups (broad SMARTS) is 1. The fraction of sp³-hybridized carbons (Fsp3) is 0.357. The van der Waals surface area contributed by atoms with Gasteiger partial charge < -0.3 is 19.3 Å². The molecule has 8 nitrogen and oxygen atoms in total. The van der Waals surface area contributed by atoms with Crippen molar-refractivity contribution < 1.29 is 32.5 Å². The molecule has 5 rings (SSSR count). The van der Waals surface area contributed by atoms with Crippen molar-refractivity contribution in [3.05, 3.63) is 125 Å². The normalized spacial score (nSPS) is 18.9. The van der Waals surface area contributed by atoms with Crippen LogP contribution in [-0.4, -0.2) is 56.7 Å². The summed E-state index contributed by atoms with van der Waals surface area (Å²) in [6.45, 7) is 8.41. The molecule has 52 heavy (non-hydrogen) atoms. The van der Waals surface area contributed by atoms with Gasteiger partial charge in [0.25, 0.3) is 0 Å². The van der Waals surface area contributed by atoms with Crippen LogP contribution in [0.4, 0.5) is 0 Å². The zero-order chi connectivity index (χ0) is 37.3. The number of carboxylic acids is 1. The van der Waals surface area contributed by atoms with E-state index < -0.39 is 28.7 Å². The molecule has 10 heteroatoms. The standard InChI is InChI=1S/C42H48ClNO7S/c1-5-6-13-40-37(32-16-14-31(15-17-32)30-11-8-7-9-12-30)27-36(29(2)3)42(51-40)38-26-35(22-23-39(38)50-28-41(45)46)52(47,48)44(4)24-10-25-49-34-20-18-33(43)19-21-34/h7-9,11-12,14-23,26,36-37,40,42H,2,5-6,10,13,24-25,27-28H2,1,3-4H3,(H,45,46)/t36-,37-,40+,42+/m0/s1. The molecule has 4 aromatic carbocycles. The van der Waals surface area contributed by atoms with Crippen LogP contribution in [0.5, 0.6) is 11.5 Å². The Morgan fingerprint density at radius 1 is 0.962 bits per heavy atom. The second-order valence-electron chi connectivity index (χ2n) is 13.4. The summed E-state index contributed by atoms with van der Waals surface area (Å²) in [7, 11) is -2.40. The molecule has 1 N–H and O–H groups in total. The van der Waals surface area contributed by atoms with Gasteiger partial charge in [-0.05, 0) is 85.3 Å².